The Bertz CT molecular complexity index is 408. The second-order valence-corrected chi connectivity index (χ2v) is 5.27. The van der Waals surface area contributed by atoms with Crippen LogP contribution >= 0.6 is 11.8 Å². The van der Waals surface area contributed by atoms with Gasteiger partial charge in [0.2, 0.25) is 0 Å². The van der Waals surface area contributed by atoms with Crippen molar-refractivity contribution in [2.75, 3.05) is 30.9 Å². The maximum Gasteiger partial charge on any atom is 0.253 e. The molecule has 0 aromatic heterocycles. The van der Waals surface area contributed by atoms with Gasteiger partial charge in [-0.2, -0.15) is 11.8 Å². The first-order valence-corrected chi connectivity index (χ1v) is 7.16. The summed E-state index contributed by atoms with van der Waals surface area (Å²) in [6, 6.07) is 7.28. The fourth-order valence-electron chi connectivity index (χ4n) is 1.63. The molecule has 5 heteroatoms. The highest BCUT2D eigenvalue weighted by Crippen LogP contribution is 2.14. The maximum absolute atomic E-state index is 12.0. The molecule has 1 aromatic carbocycles. The fraction of sp³-hybridized carbons (Fsp3) is 0.462. The average Bonchev–Trinajstić information content (AvgIpc) is 2.36. The Kier molecular flexibility index (Phi) is 5.50. The molecule has 0 aliphatic carbocycles. The molecule has 4 nitrogen and oxygen atoms in total. The van der Waals surface area contributed by atoms with Crippen molar-refractivity contribution in [3.05, 3.63) is 29.8 Å². The number of amides is 1. The summed E-state index contributed by atoms with van der Waals surface area (Å²) in [5.41, 5.74) is 0.475. The molecule has 0 bridgehead atoms. The van der Waals surface area contributed by atoms with Gasteiger partial charge in [0, 0.05) is 25.0 Å². The summed E-state index contributed by atoms with van der Waals surface area (Å²) in [4.78, 5) is 12.0. The van der Waals surface area contributed by atoms with E-state index in [1.54, 1.807) is 31.8 Å². The highest BCUT2D eigenvalue weighted by Gasteiger charge is 2.21. The molecule has 1 aromatic rings. The van der Waals surface area contributed by atoms with E-state index in [1.165, 1.54) is 0 Å². The third kappa shape index (κ3) is 4.23. The van der Waals surface area contributed by atoms with Crippen LogP contribution in [0.2, 0.25) is 0 Å². The largest absolute Gasteiger partial charge is 0.387 e. The first-order chi connectivity index (χ1) is 8.50. The minimum atomic E-state index is -0.885. The van der Waals surface area contributed by atoms with Crippen LogP contribution in [0, 0.1) is 0 Å². The zero-order chi connectivity index (χ0) is 13.6. The molecular formula is C13H20N2O2S. The second kappa shape index (κ2) is 6.66. The van der Waals surface area contributed by atoms with Crippen molar-refractivity contribution >= 4 is 23.4 Å². The number of carbonyl (C=O) groups is 1. The monoisotopic (exact) mass is 268 g/mol. The molecular weight excluding hydrogens is 248 g/mol. The van der Waals surface area contributed by atoms with Gasteiger partial charge in [-0.05, 0) is 25.3 Å². The lowest BCUT2D eigenvalue weighted by Crippen LogP contribution is -2.42. The van der Waals surface area contributed by atoms with Crippen LogP contribution in [0.5, 0.6) is 0 Å². The molecule has 1 rings (SSSR count). The summed E-state index contributed by atoms with van der Waals surface area (Å²) in [7, 11) is 1.77. The molecule has 0 radical (unpaired) electrons. The molecule has 0 saturated carbocycles. The van der Waals surface area contributed by atoms with Gasteiger partial charge >= 0.3 is 0 Å². The van der Waals surface area contributed by atoms with Crippen molar-refractivity contribution in [3.8, 4) is 0 Å². The molecule has 0 fully saturated rings. The van der Waals surface area contributed by atoms with Gasteiger partial charge in [-0.25, -0.2) is 0 Å². The van der Waals surface area contributed by atoms with Crippen LogP contribution in [0.1, 0.15) is 17.3 Å². The lowest BCUT2D eigenvalue weighted by molar-refractivity contribution is 0.0725. The zero-order valence-electron chi connectivity index (χ0n) is 11.0. The van der Waals surface area contributed by atoms with Crippen LogP contribution in [0.25, 0.3) is 0 Å². The normalized spacial score (nSPS) is 13.8. The van der Waals surface area contributed by atoms with Crippen LogP contribution in [-0.2, 0) is 0 Å². The predicted molar refractivity (Wildman–Crippen MR) is 77.3 cm³/mol. The maximum atomic E-state index is 12.0. The summed E-state index contributed by atoms with van der Waals surface area (Å²) < 4.78 is 0. The number of hydrogen-bond donors (Lipinski definition) is 3. The van der Waals surface area contributed by atoms with E-state index >= 15 is 0 Å². The lowest BCUT2D eigenvalue weighted by atomic mass is 10.1. The van der Waals surface area contributed by atoms with Crippen LogP contribution in [0.3, 0.4) is 0 Å². The molecule has 0 saturated heterocycles. The number of para-hydroxylation sites is 1. The zero-order valence-corrected chi connectivity index (χ0v) is 11.8. The Morgan fingerprint density at radius 2 is 2.11 bits per heavy atom. The van der Waals surface area contributed by atoms with E-state index < -0.39 is 5.60 Å². The van der Waals surface area contributed by atoms with Gasteiger partial charge in [-0.1, -0.05) is 12.1 Å². The van der Waals surface area contributed by atoms with Gasteiger partial charge in [0.15, 0.2) is 0 Å². The van der Waals surface area contributed by atoms with Crippen molar-refractivity contribution in [1.82, 2.24) is 5.32 Å². The molecule has 18 heavy (non-hydrogen) atoms. The van der Waals surface area contributed by atoms with Crippen molar-refractivity contribution < 1.29 is 9.90 Å². The van der Waals surface area contributed by atoms with E-state index in [0.717, 1.165) is 5.69 Å². The Labute approximate surface area is 112 Å². The summed E-state index contributed by atoms with van der Waals surface area (Å²) in [6.45, 7) is 1.96. The number of anilines is 1. The highest BCUT2D eigenvalue weighted by molar-refractivity contribution is 7.98. The van der Waals surface area contributed by atoms with Crippen LogP contribution in [-0.4, -0.2) is 42.2 Å². The average molecular weight is 268 g/mol. The minimum absolute atomic E-state index is 0.179. The number of thioether (sulfide) groups is 1. The molecule has 1 unspecified atom stereocenters. The van der Waals surface area contributed by atoms with Gasteiger partial charge in [0.25, 0.3) is 5.91 Å². The summed E-state index contributed by atoms with van der Waals surface area (Å²) in [5.74, 6) is 0.405. The number of rotatable bonds is 6. The Hall–Kier alpha value is -1.20. The standard InChI is InChI=1S/C13H20N2O2S/c1-13(17,9-18-3)8-15-12(16)10-6-4-5-7-11(10)14-2/h4-7,14,17H,8-9H2,1-3H3,(H,15,16). The molecule has 0 aliphatic rings. The van der Waals surface area contributed by atoms with E-state index in [-0.39, 0.29) is 12.5 Å². The lowest BCUT2D eigenvalue weighted by Gasteiger charge is -2.22. The molecule has 0 aliphatic heterocycles. The fourth-order valence-corrected chi connectivity index (χ4v) is 2.35. The van der Waals surface area contributed by atoms with Crippen LogP contribution in [0.15, 0.2) is 24.3 Å². The van der Waals surface area contributed by atoms with Crippen LogP contribution < -0.4 is 10.6 Å². The number of aliphatic hydroxyl groups is 1. The van der Waals surface area contributed by atoms with Crippen molar-refractivity contribution in [3.63, 3.8) is 0 Å². The second-order valence-electron chi connectivity index (χ2n) is 4.41. The van der Waals surface area contributed by atoms with Gasteiger partial charge in [0.1, 0.15) is 0 Å². The third-order valence-electron chi connectivity index (χ3n) is 2.53. The number of hydrogen-bond acceptors (Lipinski definition) is 4. The number of nitrogens with one attached hydrogen (secondary N) is 2. The summed E-state index contributed by atoms with van der Waals surface area (Å²) >= 11 is 1.55. The summed E-state index contributed by atoms with van der Waals surface area (Å²) in [5, 5.41) is 15.7. The minimum Gasteiger partial charge on any atom is -0.387 e. The highest BCUT2D eigenvalue weighted by atomic mass is 32.2. The predicted octanol–water partition coefficient (Wildman–Crippen LogP) is 1.57. The van der Waals surface area contributed by atoms with E-state index in [0.29, 0.717) is 11.3 Å². The van der Waals surface area contributed by atoms with Gasteiger partial charge in [-0.15, -0.1) is 0 Å². The molecule has 1 amide bonds. The molecule has 0 heterocycles. The van der Waals surface area contributed by atoms with E-state index in [4.69, 9.17) is 0 Å². The first-order valence-electron chi connectivity index (χ1n) is 5.76. The van der Waals surface area contributed by atoms with E-state index in [9.17, 15) is 9.90 Å². The smallest absolute Gasteiger partial charge is 0.253 e. The third-order valence-corrected chi connectivity index (χ3v) is 3.44. The van der Waals surface area contributed by atoms with Gasteiger partial charge < -0.3 is 15.7 Å². The molecule has 100 valence electrons. The van der Waals surface area contributed by atoms with Gasteiger partial charge in [0.05, 0.1) is 11.2 Å². The Morgan fingerprint density at radius 1 is 1.44 bits per heavy atom. The SMILES string of the molecule is CNc1ccccc1C(=O)NCC(C)(O)CSC. The quantitative estimate of drug-likeness (QED) is 0.733. The number of benzene rings is 1. The van der Waals surface area contributed by atoms with Gasteiger partial charge in [-0.3, -0.25) is 4.79 Å². The Balaban J connectivity index is 2.66. The van der Waals surface area contributed by atoms with Crippen molar-refractivity contribution in [2.24, 2.45) is 0 Å². The van der Waals surface area contributed by atoms with E-state index in [1.807, 2.05) is 24.5 Å². The molecule has 1 atom stereocenters. The number of carbonyl (C=O) groups excluding carboxylic acids is 1. The van der Waals surface area contributed by atoms with Crippen molar-refractivity contribution in [2.45, 2.75) is 12.5 Å². The Morgan fingerprint density at radius 3 is 2.72 bits per heavy atom. The molecule has 0 spiro atoms. The molecule has 3 N–H and O–H groups in total. The topological polar surface area (TPSA) is 61.4 Å². The summed E-state index contributed by atoms with van der Waals surface area (Å²) in [6.07, 6.45) is 1.92. The van der Waals surface area contributed by atoms with Crippen LogP contribution in [0.4, 0.5) is 5.69 Å². The van der Waals surface area contributed by atoms with Crippen molar-refractivity contribution in [1.29, 1.82) is 0 Å². The first kappa shape index (κ1) is 14.9. The van der Waals surface area contributed by atoms with E-state index in [2.05, 4.69) is 10.6 Å².